The molecule has 0 radical (unpaired) electrons. The van der Waals surface area contributed by atoms with Gasteiger partial charge < -0.3 is 9.47 Å². The van der Waals surface area contributed by atoms with Gasteiger partial charge in [-0.25, -0.2) is 5.01 Å². The van der Waals surface area contributed by atoms with E-state index in [4.69, 9.17) is 21.1 Å². The van der Waals surface area contributed by atoms with E-state index in [0.717, 1.165) is 16.8 Å². The minimum atomic E-state index is -0.156. The maximum atomic E-state index is 12.1. The van der Waals surface area contributed by atoms with Gasteiger partial charge in [-0.05, 0) is 29.8 Å². The molecule has 5 nitrogen and oxygen atoms in total. The van der Waals surface area contributed by atoms with E-state index in [0.29, 0.717) is 22.9 Å². The second-order valence-corrected chi connectivity index (χ2v) is 6.18. The standard InChI is InChI=1S/C19H19ClN2O3/c1-12(23)22-18(13-4-6-14(20)7-5-13)11-17(21-22)16-9-8-15(24-2)10-19(16)25-3/h4-10,18H,11H2,1-3H3. The lowest BCUT2D eigenvalue weighted by Crippen LogP contribution is -2.24. The van der Waals surface area contributed by atoms with Gasteiger partial charge in [0.1, 0.15) is 11.5 Å². The Labute approximate surface area is 151 Å². The van der Waals surface area contributed by atoms with Crippen LogP contribution in [0.15, 0.2) is 47.6 Å². The number of benzene rings is 2. The molecule has 6 heteroatoms. The molecule has 3 rings (SSSR count). The third-order valence-corrected chi connectivity index (χ3v) is 4.46. The summed E-state index contributed by atoms with van der Waals surface area (Å²) in [5, 5.41) is 6.73. The van der Waals surface area contributed by atoms with Crippen molar-refractivity contribution in [3.05, 3.63) is 58.6 Å². The maximum Gasteiger partial charge on any atom is 0.240 e. The number of nitrogens with zero attached hydrogens (tertiary/aromatic N) is 2. The summed E-state index contributed by atoms with van der Waals surface area (Å²) in [5.41, 5.74) is 2.64. The summed E-state index contributed by atoms with van der Waals surface area (Å²) in [6.45, 7) is 1.51. The maximum absolute atomic E-state index is 12.1. The lowest BCUT2D eigenvalue weighted by atomic mass is 9.98. The van der Waals surface area contributed by atoms with Crippen LogP contribution >= 0.6 is 11.6 Å². The predicted molar refractivity (Wildman–Crippen MR) is 97.4 cm³/mol. The van der Waals surface area contributed by atoms with Crippen molar-refractivity contribution in [3.8, 4) is 11.5 Å². The van der Waals surface area contributed by atoms with Crippen molar-refractivity contribution in [2.24, 2.45) is 5.10 Å². The van der Waals surface area contributed by atoms with Crippen LogP contribution in [-0.4, -0.2) is 30.8 Å². The molecule has 1 aliphatic heterocycles. The Morgan fingerprint density at radius 2 is 1.88 bits per heavy atom. The molecule has 1 atom stereocenters. The number of amides is 1. The van der Waals surface area contributed by atoms with Crippen molar-refractivity contribution in [1.29, 1.82) is 0 Å². The van der Waals surface area contributed by atoms with Gasteiger partial charge in [0.25, 0.3) is 0 Å². The summed E-state index contributed by atoms with van der Waals surface area (Å²) in [4.78, 5) is 12.1. The predicted octanol–water partition coefficient (Wildman–Crippen LogP) is 4.05. The molecule has 1 unspecified atom stereocenters. The van der Waals surface area contributed by atoms with Crippen molar-refractivity contribution in [3.63, 3.8) is 0 Å². The number of hydrogen-bond acceptors (Lipinski definition) is 4. The summed E-state index contributed by atoms with van der Waals surface area (Å²) >= 11 is 5.97. The first kappa shape index (κ1) is 17.3. The molecule has 130 valence electrons. The van der Waals surface area contributed by atoms with Crippen LogP contribution < -0.4 is 9.47 Å². The van der Waals surface area contributed by atoms with Crippen LogP contribution in [0.4, 0.5) is 0 Å². The van der Waals surface area contributed by atoms with E-state index in [1.54, 1.807) is 14.2 Å². The minimum Gasteiger partial charge on any atom is -0.497 e. The molecule has 2 aromatic rings. The Balaban J connectivity index is 1.97. The Hall–Kier alpha value is -2.53. The molecule has 1 amide bonds. The zero-order valence-electron chi connectivity index (χ0n) is 14.3. The molecule has 0 saturated heterocycles. The van der Waals surface area contributed by atoms with E-state index < -0.39 is 0 Å². The molecular weight excluding hydrogens is 340 g/mol. The van der Waals surface area contributed by atoms with Gasteiger partial charge in [0.15, 0.2) is 0 Å². The molecule has 0 bridgehead atoms. The number of carbonyl (C=O) groups is 1. The first-order valence-electron chi connectivity index (χ1n) is 7.88. The van der Waals surface area contributed by atoms with Gasteiger partial charge in [0, 0.05) is 30.0 Å². The van der Waals surface area contributed by atoms with Gasteiger partial charge in [-0.15, -0.1) is 0 Å². The molecule has 0 aliphatic carbocycles. The number of methoxy groups -OCH3 is 2. The lowest BCUT2D eigenvalue weighted by Gasteiger charge is -2.20. The minimum absolute atomic E-state index is 0.109. The highest BCUT2D eigenvalue weighted by atomic mass is 35.5. The molecule has 1 aliphatic rings. The average Bonchev–Trinajstić information content (AvgIpc) is 3.07. The van der Waals surface area contributed by atoms with E-state index >= 15 is 0 Å². The van der Waals surface area contributed by atoms with Crippen LogP contribution in [0, 0.1) is 0 Å². The van der Waals surface area contributed by atoms with Gasteiger partial charge in [-0.3, -0.25) is 4.79 Å². The number of hydrazone groups is 1. The van der Waals surface area contributed by atoms with Gasteiger partial charge in [0.2, 0.25) is 5.91 Å². The number of halogens is 1. The van der Waals surface area contributed by atoms with Crippen LogP contribution in [0.3, 0.4) is 0 Å². The normalized spacial score (nSPS) is 16.6. The Bertz CT molecular complexity index is 818. The number of rotatable bonds is 4. The molecule has 0 aromatic heterocycles. The van der Waals surface area contributed by atoms with E-state index in [1.807, 2.05) is 42.5 Å². The molecule has 2 aromatic carbocycles. The third kappa shape index (κ3) is 3.46. The molecular formula is C19H19ClN2O3. The zero-order chi connectivity index (χ0) is 18.0. The van der Waals surface area contributed by atoms with Gasteiger partial charge in [-0.1, -0.05) is 23.7 Å². The van der Waals surface area contributed by atoms with Crippen molar-refractivity contribution in [1.82, 2.24) is 5.01 Å². The van der Waals surface area contributed by atoms with Crippen molar-refractivity contribution in [2.45, 2.75) is 19.4 Å². The second-order valence-electron chi connectivity index (χ2n) is 5.75. The largest absolute Gasteiger partial charge is 0.497 e. The van der Waals surface area contributed by atoms with Crippen LogP contribution in [0.5, 0.6) is 11.5 Å². The highest BCUT2D eigenvalue weighted by Gasteiger charge is 2.32. The van der Waals surface area contributed by atoms with E-state index in [1.165, 1.54) is 11.9 Å². The van der Waals surface area contributed by atoms with Crippen LogP contribution in [0.1, 0.15) is 30.5 Å². The number of ether oxygens (including phenoxy) is 2. The smallest absolute Gasteiger partial charge is 0.240 e. The van der Waals surface area contributed by atoms with Gasteiger partial charge >= 0.3 is 0 Å². The molecule has 0 saturated carbocycles. The fourth-order valence-electron chi connectivity index (χ4n) is 2.94. The van der Waals surface area contributed by atoms with Crippen LogP contribution in [-0.2, 0) is 4.79 Å². The molecule has 0 N–H and O–H groups in total. The summed E-state index contributed by atoms with van der Waals surface area (Å²) < 4.78 is 10.7. The number of carbonyl (C=O) groups excluding carboxylic acids is 1. The van der Waals surface area contributed by atoms with Gasteiger partial charge in [-0.2, -0.15) is 5.10 Å². The number of hydrogen-bond donors (Lipinski definition) is 0. The summed E-state index contributed by atoms with van der Waals surface area (Å²) in [6.07, 6.45) is 0.601. The van der Waals surface area contributed by atoms with Crippen molar-refractivity contribution in [2.75, 3.05) is 14.2 Å². The highest BCUT2D eigenvalue weighted by Crippen LogP contribution is 2.36. The summed E-state index contributed by atoms with van der Waals surface area (Å²) in [5.74, 6) is 1.26. The molecule has 0 fully saturated rings. The fourth-order valence-corrected chi connectivity index (χ4v) is 3.07. The van der Waals surface area contributed by atoms with Gasteiger partial charge in [0.05, 0.1) is 26.0 Å². The van der Waals surface area contributed by atoms with Crippen LogP contribution in [0.2, 0.25) is 5.02 Å². The Kier molecular flexibility index (Phi) is 4.95. The monoisotopic (exact) mass is 358 g/mol. The van der Waals surface area contributed by atoms with Crippen molar-refractivity contribution >= 4 is 23.2 Å². The van der Waals surface area contributed by atoms with E-state index in [9.17, 15) is 4.79 Å². The van der Waals surface area contributed by atoms with Crippen molar-refractivity contribution < 1.29 is 14.3 Å². The molecule has 0 spiro atoms. The van der Waals surface area contributed by atoms with Crippen LogP contribution in [0.25, 0.3) is 0 Å². The molecule has 1 heterocycles. The zero-order valence-corrected chi connectivity index (χ0v) is 15.1. The Morgan fingerprint density at radius 3 is 2.48 bits per heavy atom. The SMILES string of the molecule is COc1ccc(C2=NN(C(C)=O)C(c3ccc(Cl)cc3)C2)c(OC)c1. The first-order chi connectivity index (χ1) is 12.0. The first-order valence-corrected chi connectivity index (χ1v) is 8.26. The van der Waals surface area contributed by atoms with E-state index in [2.05, 4.69) is 5.10 Å². The summed E-state index contributed by atoms with van der Waals surface area (Å²) in [6, 6.07) is 12.9. The highest BCUT2D eigenvalue weighted by molar-refractivity contribution is 6.30. The topological polar surface area (TPSA) is 51.1 Å². The summed E-state index contributed by atoms with van der Waals surface area (Å²) in [7, 11) is 3.21. The quantitative estimate of drug-likeness (QED) is 0.828. The molecule has 25 heavy (non-hydrogen) atoms. The van der Waals surface area contributed by atoms with E-state index in [-0.39, 0.29) is 11.9 Å². The lowest BCUT2D eigenvalue weighted by molar-refractivity contribution is -0.130. The average molecular weight is 359 g/mol. The fraction of sp³-hybridized carbons (Fsp3) is 0.263. The second kappa shape index (κ2) is 7.15. The third-order valence-electron chi connectivity index (χ3n) is 4.21. The Morgan fingerprint density at radius 1 is 1.16 bits per heavy atom.